The van der Waals surface area contributed by atoms with Gasteiger partial charge in [0.05, 0.1) is 5.75 Å². The molecular weight excluding hydrogens is 396 g/mol. The van der Waals surface area contributed by atoms with Crippen molar-refractivity contribution in [1.82, 2.24) is 20.1 Å². The second-order valence-electron chi connectivity index (χ2n) is 8.26. The normalized spacial score (nSPS) is 16.8. The lowest BCUT2D eigenvalue weighted by molar-refractivity contribution is -0.119. The number of aryl methyl sites for hydroxylation is 2. The predicted molar refractivity (Wildman–Crippen MR) is 119 cm³/mol. The Labute approximate surface area is 183 Å². The predicted octanol–water partition coefficient (Wildman–Crippen LogP) is 4.30. The van der Waals surface area contributed by atoms with Gasteiger partial charge in [-0.25, -0.2) is 0 Å². The molecule has 30 heavy (non-hydrogen) atoms. The topological polar surface area (TPSA) is 69.0 Å². The van der Waals surface area contributed by atoms with Crippen molar-refractivity contribution in [1.29, 1.82) is 0 Å². The number of thioether (sulfide) groups is 1. The highest BCUT2D eigenvalue weighted by Crippen LogP contribution is 2.26. The zero-order valence-electron chi connectivity index (χ0n) is 17.9. The van der Waals surface area contributed by atoms with Gasteiger partial charge in [0.25, 0.3) is 0 Å². The van der Waals surface area contributed by atoms with E-state index < -0.39 is 0 Å². The zero-order chi connectivity index (χ0) is 20.8. The molecule has 1 heterocycles. The maximum absolute atomic E-state index is 12.3. The molecule has 1 amide bonds. The third-order valence-corrected chi connectivity index (χ3v) is 7.07. The Morgan fingerprint density at radius 1 is 1.13 bits per heavy atom. The first-order chi connectivity index (χ1) is 14.7. The number of benzene rings is 1. The van der Waals surface area contributed by atoms with Crippen LogP contribution in [-0.4, -0.2) is 32.5 Å². The van der Waals surface area contributed by atoms with Gasteiger partial charge in [-0.2, -0.15) is 0 Å². The first-order valence-electron chi connectivity index (χ1n) is 11.3. The highest BCUT2D eigenvalue weighted by Gasteiger charge is 2.18. The summed E-state index contributed by atoms with van der Waals surface area (Å²) in [4.78, 5) is 12.3. The van der Waals surface area contributed by atoms with Crippen LogP contribution in [-0.2, 0) is 30.8 Å². The summed E-state index contributed by atoms with van der Waals surface area (Å²) in [7, 11) is 0. The van der Waals surface area contributed by atoms with Gasteiger partial charge in [0.2, 0.25) is 5.91 Å². The molecule has 1 fully saturated rings. The molecule has 1 saturated carbocycles. The fourth-order valence-corrected chi connectivity index (χ4v) is 5.28. The second kappa shape index (κ2) is 10.3. The van der Waals surface area contributed by atoms with Crippen LogP contribution in [0.5, 0.6) is 5.75 Å². The molecule has 0 aliphatic heterocycles. The largest absolute Gasteiger partial charge is 0.486 e. The van der Waals surface area contributed by atoms with Crippen molar-refractivity contribution in [2.45, 2.75) is 89.1 Å². The summed E-state index contributed by atoms with van der Waals surface area (Å²) in [6.07, 6.45) is 10.8. The molecule has 0 radical (unpaired) electrons. The Hall–Kier alpha value is -2.02. The monoisotopic (exact) mass is 428 g/mol. The molecule has 7 heteroatoms. The molecule has 1 aromatic carbocycles. The molecule has 1 N–H and O–H groups in total. The van der Waals surface area contributed by atoms with E-state index in [9.17, 15) is 4.79 Å². The maximum atomic E-state index is 12.3. The minimum Gasteiger partial charge on any atom is -0.486 e. The Morgan fingerprint density at radius 2 is 1.93 bits per heavy atom. The Bertz CT molecular complexity index is 861. The van der Waals surface area contributed by atoms with Crippen molar-refractivity contribution >= 4 is 17.7 Å². The van der Waals surface area contributed by atoms with E-state index in [-0.39, 0.29) is 5.91 Å². The average molecular weight is 429 g/mol. The minimum atomic E-state index is 0.0874. The third-order valence-electron chi connectivity index (χ3n) is 6.10. The molecule has 2 aliphatic rings. The van der Waals surface area contributed by atoms with E-state index in [4.69, 9.17) is 4.74 Å². The molecule has 0 bridgehead atoms. The second-order valence-corrected chi connectivity index (χ2v) is 9.20. The van der Waals surface area contributed by atoms with Crippen LogP contribution in [0.3, 0.4) is 0 Å². The van der Waals surface area contributed by atoms with E-state index in [1.807, 2.05) is 4.57 Å². The average Bonchev–Trinajstić information content (AvgIpc) is 3.18. The lowest BCUT2D eigenvalue weighted by Gasteiger charge is -2.22. The Kier molecular flexibility index (Phi) is 7.31. The molecule has 0 unspecified atom stereocenters. The van der Waals surface area contributed by atoms with E-state index in [0.29, 0.717) is 18.4 Å². The molecule has 2 aliphatic carbocycles. The van der Waals surface area contributed by atoms with Crippen LogP contribution in [0.15, 0.2) is 23.4 Å². The number of fused-ring (bicyclic) bond motifs is 1. The van der Waals surface area contributed by atoms with Crippen molar-refractivity contribution in [3.63, 3.8) is 0 Å². The van der Waals surface area contributed by atoms with Gasteiger partial charge in [-0.1, -0.05) is 37.1 Å². The number of carbonyl (C=O) groups is 1. The summed E-state index contributed by atoms with van der Waals surface area (Å²) in [5, 5.41) is 12.6. The van der Waals surface area contributed by atoms with Crippen molar-refractivity contribution in [2.24, 2.45) is 0 Å². The number of carbonyl (C=O) groups excluding carboxylic acids is 1. The zero-order valence-corrected chi connectivity index (χ0v) is 18.7. The van der Waals surface area contributed by atoms with E-state index in [1.165, 1.54) is 61.4 Å². The Balaban J connectivity index is 1.31. The van der Waals surface area contributed by atoms with Gasteiger partial charge in [-0.3, -0.25) is 4.79 Å². The standard InChI is InChI=1S/C23H32N4O2S/c1-2-27-21(15-29-20-13-12-17-8-6-7-9-18(17)14-20)25-26-23(27)30-16-22(28)24-19-10-4-3-5-11-19/h12-14,19H,2-11,15-16H2,1H3,(H,24,28). The summed E-state index contributed by atoms with van der Waals surface area (Å²) < 4.78 is 8.07. The van der Waals surface area contributed by atoms with Crippen LogP contribution < -0.4 is 10.1 Å². The highest BCUT2D eigenvalue weighted by molar-refractivity contribution is 7.99. The molecular formula is C23H32N4O2S. The molecule has 0 spiro atoms. The van der Waals surface area contributed by atoms with Gasteiger partial charge in [-0.05, 0) is 68.7 Å². The molecule has 0 atom stereocenters. The summed E-state index contributed by atoms with van der Waals surface area (Å²) in [6, 6.07) is 6.77. The number of hydrogen-bond donors (Lipinski definition) is 1. The molecule has 2 aromatic rings. The SMILES string of the molecule is CCn1c(COc2ccc3c(c2)CCCC3)nnc1SCC(=O)NC1CCCCC1. The number of hydrogen-bond acceptors (Lipinski definition) is 5. The molecule has 6 nitrogen and oxygen atoms in total. The lowest BCUT2D eigenvalue weighted by Crippen LogP contribution is -2.37. The number of ether oxygens (including phenoxy) is 1. The summed E-state index contributed by atoms with van der Waals surface area (Å²) >= 11 is 1.45. The highest BCUT2D eigenvalue weighted by atomic mass is 32.2. The summed E-state index contributed by atoms with van der Waals surface area (Å²) in [5.41, 5.74) is 2.87. The van der Waals surface area contributed by atoms with Gasteiger partial charge in [0.15, 0.2) is 11.0 Å². The van der Waals surface area contributed by atoms with E-state index >= 15 is 0 Å². The summed E-state index contributed by atoms with van der Waals surface area (Å²) in [5.74, 6) is 2.15. The number of nitrogens with one attached hydrogen (secondary N) is 1. The minimum absolute atomic E-state index is 0.0874. The van der Waals surface area contributed by atoms with Crippen molar-refractivity contribution in [3.8, 4) is 5.75 Å². The lowest BCUT2D eigenvalue weighted by atomic mass is 9.92. The molecule has 0 saturated heterocycles. The van der Waals surface area contributed by atoms with Crippen molar-refractivity contribution in [3.05, 3.63) is 35.2 Å². The first-order valence-corrected chi connectivity index (χ1v) is 12.3. The van der Waals surface area contributed by atoms with Gasteiger partial charge >= 0.3 is 0 Å². The fraction of sp³-hybridized carbons (Fsp3) is 0.609. The van der Waals surface area contributed by atoms with E-state index in [0.717, 1.165) is 42.5 Å². The molecule has 4 rings (SSSR count). The van der Waals surface area contributed by atoms with Crippen LogP contribution in [0.2, 0.25) is 0 Å². The fourth-order valence-electron chi connectivity index (χ4n) is 4.44. The quantitative estimate of drug-likeness (QED) is 0.635. The number of nitrogens with zero attached hydrogens (tertiary/aromatic N) is 3. The number of aromatic nitrogens is 3. The number of rotatable bonds is 8. The van der Waals surface area contributed by atoms with Crippen molar-refractivity contribution < 1.29 is 9.53 Å². The first kappa shape index (κ1) is 21.2. The van der Waals surface area contributed by atoms with Gasteiger partial charge in [0, 0.05) is 12.6 Å². The molecule has 1 aromatic heterocycles. The number of amides is 1. The van der Waals surface area contributed by atoms with Gasteiger partial charge in [-0.15, -0.1) is 10.2 Å². The van der Waals surface area contributed by atoms with E-state index in [1.54, 1.807) is 0 Å². The third kappa shape index (κ3) is 5.36. The van der Waals surface area contributed by atoms with Crippen LogP contribution >= 0.6 is 11.8 Å². The maximum Gasteiger partial charge on any atom is 0.230 e. The van der Waals surface area contributed by atoms with Gasteiger partial charge < -0.3 is 14.6 Å². The van der Waals surface area contributed by atoms with Gasteiger partial charge in [0.1, 0.15) is 12.4 Å². The Morgan fingerprint density at radius 3 is 2.73 bits per heavy atom. The van der Waals surface area contributed by atoms with E-state index in [2.05, 4.69) is 40.6 Å². The molecule has 162 valence electrons. The van der Waals surface area contributed by atoms with Crippen molar-refractivity contribution in [2.75, 3.05) is 5.75 Å². The van der Waals surface area contributed by atoms with Crippen LogP contribution in [0.25, 0.3) is 0 Å². The summed E-state index contributed by atoms with van der Waals surface area (Å²) in [6.45, 7) is 3.20. The smallest absolute Gasteiger partial charge is 0.230 e. The van der Waals surface area contributed by atoms with Crippen LogP contribution in [0, 0.1) is 0 Å². The van der Waals surface area contributed by atoms with Crippen LogP contribution in [0.1, 0.15) is 68.8 Å². The van der Waals surface area contributed by atoms with Crippen LogP contribution in [0.4, 0.5) is 0 Å².